The summed E-state index contributed by atoms with van der Waals surface area (Å²) in [6.07, 6.45) is -0.145. The van der Waals surface area contributed by atoms with Crippen LogP contribution < -0.4 is 10.5 Å². The number of hydrogen-bond acceptors (Lipinski definition) is 3. The minimum atomic E-state index is -0.645. The van der Waals surface area contributed by atoms with Crippen molar-refractivity contribution in [2.75, 3.05) is 0 Å². The molecule has 2 rings (SSSR count). The number of nitrogens with two attached hydrogens (primary N) is 1. The minimum absolute atomic E-state index is 0.114. The van der Waals surface area contributed by atoms with E-state index in [0.717, 1.165) is 0 Å². The lowest BCUT2D eigenvalue weighted by Gasteiger charge is -2.18. The third-order valence-electron chi connectivity index (χ3n) is 3.14. The van der Waals surface area contributed by atoms with E-state index < -0.39 is 12.0 Å². The summed E-state index contributed by atoms with van der Waals surface area (Å²) < 4.78 is 5.72. The lowest BCUT2D eigenvalue weighted by atomic mass is 10.0. The third-order valence-corrected chi connectivity index (χ3v) is 3.14. The zero-order valence-corrected chi connectivity index (χ0v) is 11.8. The molecule has 0 radical (unpaired) electrons. The number of para-hydroxylation sites is 1. The number of carbonyl (C=O) groups excluding carboxylic acids is 2. The molecule has 1 unspecified atom stereocenters. The van der Waals surface area contributed by atoms with E-state index in [1.54, 1.807) is 48.5 Å². The highest BCUT2D eigenvalue weighted by atomic mass is 16.5. The summed E-state index contributed by atoms with van der Waals surface area (Å²) in [5, 5.41) is 0. The van der Waals surface area contributed by atoms with Crippen LogP contribution in [0.5, 0.6) is 5.75 Å². The molecule has 0 aromatic heterocycles. The first-order valence-electron chi connectivity index (χ1n) is 6.78. The van der Waals surface area contributed by atoms with Crippen LogP contribution in [0.1, 0.15) is 34.1 Å². The average Bonchev–Trinajstić information content (AvgIpc) is 2.53. The Balaban J connectivity index is 2.24. The van der Waals surface area contributed by atoms with Gasteiger partial charge in [-0.15, -0.1) is 0 Å². The van der Waals surface area contributed by atoms with E-state index in [9.17, 15) is 9.59 Å². The predicted molar refractivity (Wildman–Crippen MR) is 80.4 cm³/mol. The standard InChI is InChI=1S/C17H17NO3/c1-2-14(16(19)12-8-4-3-5-9-12)21-15-11-7-6-10-13(15)17(18)20/h3-11,14H,2H2,1H3,(H2,18,20). The molecule has 21 heavy (non-hydrogen) atoms. The summed E-state index contributed by atoms with van der Waals surface area (Å²) in [6.45, 7) is 1.86. The number of hydrogen-bond donors (Lipinski definition) is 1. The number of rotatable bonds is 6. The van der Waals surface area contributed by atoms with Gasteiger partial charge in [0.15, 0.2) is 6.10 Å². The van der Waals surface area contributed by atoms with Gasteiger partial charge >= 0.3 is 0 Å². The van der Waals surface area contributed by atoms with Gasteiger partial charge in [0, 0.05) is 5.56 Å². The van der Waals surface area contributed by atoms with E-state index in [1.807, 2.05) is 13.0 Å². The van der Waals surface area contributed by atoms with E-state index in [1.165, 1.54) is 0 Å². The van der Waals surface area contributed by atoms with Crippen molar-refractivity contribution in [3.8, 4) is 5.75 Å². The Labute approximate surface area is 123 Å². The molecule has 1 atom stereocenters. The minimum Gasteiger partial charge on any atom is -0.481 e. The monoisotopic (exact) mass is 283 g/mol. The zero-order valence-electron chi connectivity index (χ0n) is 11.8. The van der Waals surface area contributed by atoms with Gasteiger partial charge in [-0.3, -0.25) is 9.59 Å². The average molecular weight is 283 g/mol. The first-order chi connectivity index (χ1) is 10.1. The molecule has 0 saturated heterocycles. The molecule has 0 saturated carbocycles. The van der Waals surface area contributed by atoms with Crippen molar-refractivity contribution in [1.82, 2.24) is 0 Å². The topological polar surface area (TPSA) is 69.4 Å². The smallest absolute Gasteiger partial charge is 0.252 e. The van der Waals surface area contributed by atoms with Gasteiger partial charge in [0.25, 0.3) is 5.91 Å². The summed E-state index contributed by atoms with van der Waals surface area (Å²) in [7, 11) is 0. The first kappa shape index (κ1) is 14.8. The lowest BCUT2D eigenvalue weighted by Crippen LogP contribution is -2.28. The Morgan fingerprint density at radius 1 is 1.05 bits per heavy atom. The van der Waals surface area contributed by atoms with E-state index in [2.05, 4.69) is 0 Å². The van der Waals surface area contributed by atoms with Crippen LogP contribution >= 0.6 is 0 Å². The van der Waals surface area contributed by atoms with Crippen LogP contribution in [0, 0.1) is 0 Å². The number of Topliss-reactive ketones (excluding diaryl/α,β-unsaturated/α-hetero) is 1. The summed E-state index contributed by atoms with van der Waals surface area (Å²) in [5.41, 5.74) is 6.17. The van der Waals surface area contributed by atoms with Gasteiger partial charge in [-0.2, -0.15) is 0 Å². The second-order valence-electron chi connectivity index (χ2n) is 4.61. The van der Waals surface area contributed by atoms with Crippen molar-refractivity contribution in [1.29, 1.82) is 0 Å². The Bertz CT molecular complexity index is 637. The molecule has 4 nitrogen and oxygen atoms in total. The number of primary amides is 1. The molecule has 2 aromatic rings. The molecule has 0 heterocycles. The van der Waals surface area contributed by atoms with Gasteiger partial charge in [-0.05, 0) is 18.6 Å². The van der Waals surface area contributed by atoms with Crippen LogP contribution in [0.15, 0.2) is 54.6 Å². The van der Waals surface area contributed by atoms with Crippen molar-refractivity contribution < 1.29 is 14.3 Å². The Morgan fingerprint density at radius 2 is 1.67 bits per heavy atom. The van der Waals surface area contributed by atoms with Crippen molar-refractivity contribution in [2.45, 2.75) is 19.4 Å². The number of ether oxygens (including phenoxy) is 1. The molecule has 108 valence electrons. The van der Waals surface area contributed by atoms with Gasteiger partial charge < -0.3 is 10.5 Å². The van der Waals surface area contributed by atoms with Crippen LogP contribution in [0.25, 0.3) is 0 Å². The number of amides is 1. The molecule has 2 aromatic carbocycles. The SMILES string of the molecule is CCC(Oc1ccccc1C(N)=O)C(=O)c1ccccc1. The fourth-order valence-corrected chi connectivity index (χ4v) is 2.04. The maximum absolute atomic E-state index is 12.4. The Hall–Kier alpha value is -2.62. The molecule has 2 N–H and O–H groups in total. The molecule has 0 aliphatic heterocycles. The summed E-state index contributed by atoms with van der Waals surface area (Å²) in [5.74, 6) is -0.355. The molecular weight excluding hydrogens is 266 g/mol. The molecule has 0 fully saturated rings. The van der Waals surface area contributed by atoms with E-state index in [4.69, 9.17) is 10.5 Å². The summed E-state index contributed by atoms with van der Waals surface area (Å²) >= 11 is 0. The number of ketones is 1. The highest BCUT2D eigenvalue weighted by Gasteiger charge is 2.21. The summed E-state index contributed by atoms with van der Waals surface area (Å²) in [6, 6.07) is 15.6. The maximum Gasteiger partial charge on any atom is 0.252 e. The molecule has 0 spiro atoms. The first-order valence-corrected chi connectivity index (χ1v) is 6.78. The van der Waals surface area contributed by atoms with Crippen LogP contribution in [0.4, 0.5) is 0 Å². The molecule has 1 amide bonds. The molecule has 0 bridgehead atoms. The van der Waals surface area contributed by atoms with E-state index >= 15 is 0 Å². The van der Waals surface area contributed by atoms with Crippen molar-refractivity contribution in [3.05, 3.63) is 65.7 Å². The van der Waals surface area contributed by atoms with E-state index in [0.29, 0.717) is 17.7 Å². The van der Waals surface area contributed by atoms with Crippen LogP contribution in [-0.4, -0.2) is 17.8 Å². The van der Waals surface area contributed by atoms with Crippen molar-refractivity contribution in [3.63, 3.8) is 0 Å². The second kappa shape index (κ2) is 6.70. The lowest BCUT2D eigenvalue weighted by molar-refractivity contribution is 0.0779. The predicted octanol–water partition coefficient (Wildman–Crippen LogP) is 2.83. The number of carbonyl (C=O) groups is 2. The van der Waals surface area contributed by atoms with Gasteiger partial charge in [0.05, 0.1) is 5.56 Å². The summed E-state index contributed by atoms with van der Waals surface area (Å²) in [4.78, 5) is 23.8. The fourth-order valence-electron chi connectivity index (χ4n) is 2.04. The van der Waals surface area contributed by atoms with E-state index in [-0.39, 0.29) is 11.3 Å². The van der Waals surface area contributed by atoms with Crippen LogP contribution in [0.3, 0.4) is 0 Å². The Kier molecular flexibility index (Phi) is 4.72. The Morgan fingerprint density at radius 3 is 2.29 bits per heavy atom. The normalized spacial score (nSPS) is 11.7. The van der Waals surface area contributed by atoms with Gasteiger partial charge in [-0.1, -0.05) is 49.4 Å². The maximum atomic E-state index is 12.4. The molecule has 0 aliphatic rings. The van der Waals surface area contributed by atoms with Crippen molar-refractivity contribution >= 4 is 11.7 Å². The quantitative estimate of drug-likeness (QED) is 0.829. The molecule has 0 aliphatic carbocycles. The largest absolute Gasteiger partial charge is 0.481 e. The number of benzene rings is 2. The van der Waals surface area contributed by atoms with Crippen LogP contribution in [-0.2, 0) is 0 Å². The highest BCUT2D eigenvalue weighted by Crippen LogP contribution is 2.21. The molecular formula is C17H17NO3. The van der Waals surface area contributed by atoms with Gasteiger partial charge in [0.1, 0.15) is 5.75 Å². The molecule has 4 heteroatoms. The van der Waals surface area contributed by atoms with Crippen molar-refractivity contribution in [2.24, 2.45) is 5.73 Å². The second-order valence-corrected chi connectivity index (χ2v) is 4.61. The van der Waals surface area contributed by atoms with Gasteiger partial charge in [-0.25, -0.2) is 0 Å². The highest BCUT2D eigenvalue weighted by molar-refractivity contribution is 6.00. The van der Waals surface area contributed by atoms with Crippen LogP contribution in [0.2, 0.25) is 0 Å². The zero-order chi connectivity index (χ0) is 15.2. The fraction of sp³-hybridized carbons (Fsp3) is 0.176. The van der Waals surface area contributed by atoms with Gasteiger partial charge in [0.2, 0.25) is 5.78 Å². The third kappa shape index (κ3) is 3.48.